The highest BCUT2D eigenvalue weighted by molar-refractivity contribution is 7.22. The number of aromatic nitrogens is 1. The monoisotopic (exact) mass is 446 g/mol. The minimum absolute atomic E-state index is 0.130. The molecule has 0 aliphatic heterocycles. The molecule has 0 radical (unpaired) electrons. The lowest BCUT2D eigenvalue weighted by Gasteiger charge is -2.21. The van der Waals surface area contributed by atoms with Gasteiger partial charge in [-0.25, -0.2) is 4.98 Å². The number of hydrogen-bond acceptors (Lipinski definition) is 5. The van der Waals surface area contributed by atoms with Gasteiger partial charge in [-0.2, -0.15) is 0 Å². The first kappa shape index (κ1) is 21.8. The number of fused-ring (bicyclic) bond motifs is 1. The minimum Gasteiger partial charge on any atom is -0.490 e. The van der Waals surface area contributed by atoms with E-state index in [-0.39, 0.29) is 5.91 Å². The van der Waals surface area contributed by atoms with E-state index in [9.17, 15) is 4.79 Å². The second-order valence-electron chi connectivity index (χ2n) is 7.32. The first-order valence-electron chi connectivity index (χ1n) is 10.7. The molecular formula is C26H26N2O3S. The van der Waals surface area contributed by atoms with Crippen LogP contribution >= 0.6 is 11.3 Å². The highest BCUT2D eigenvalue weighted by Gasteiger charge is 2.23. The smallest absolute Gasteiger partial charge is 0.260 e. The number of amides is 1. The van der Waals surface area contributed by atoms with E-state index in [4.69, 9.17) is 14.5 Å². The first-order valence-corrected chi connectivity index (χ1v) is 11.5. The Morgan fingerprint density at radius 2 is 1.69 bits per heavy atom. The van der Waals surface area contributed by atoms with Gasteiger partial charge in [0.15, 0.2) is 16.6 Å². The van der Waals surface area contributed by atoms with Crippen molar-refractivity contribution in [3.63, 3.8) is 0 Å². The Morgan fingerprint density at radius 1 is 0.938 bits per heavy atom. The van der Waals surface area contributed by atoms with E-state index in [1.807, 2.05) is 69.3 Å². The first-order chi connectivity index (χ1) is 15.6. The average molecular weight is 447 g/mol. The predicted octanol–water partition coefficient (Wildman–Crippen LogP) is 6.25. The second kappa shape index (κ2) is 9.83. The normalized spacial score (nSPS) is 10.8. The van der Waals surface area contributed by atoms with Crippen molar-refractivity contribution in [2.75, 3.05) is 18.1 Å². The number of carbonyl (C=O) groups excluding carboxylic acids is 1. The fourth-order valence-electron chi connectivity index (χ4n) is 3.52. The van der Waals surface area contributed by atoms with Crippen LogP contribution in [0.25, 0.3) is 10.2 Å². The van der Waals surface area contributed by atoms with Crippen molar-refractivity contribution >= 4 is 32.6 Å². The molecule has 6 heteroatoms. The number of hydrogen-bond donors (Lipinski definition) is 0. The number of aryl methyl sites for hydroxylation is 1. The molecule has 32 heavy (non-hydrogen) atoms. The summed E-state index contributed by atoms with van der Waals surface area (Å²) in [5, 5.41) is 0.676. The molecule has 5 nitrogen and oxygen atoms in total. The van der Waals surface area contributed by atoms with Gasteiger partial charge in [0.25, 0.3) is 5.91 Å². The molecular weight excluding hydrogens is 420 g/mol. The largest absolute Gasteiger partial charge is 0.490 e. The molecule has 4 rings (SSSR count). The molecule has 3 aromatic carbocycles. The maximum atomic E-state index is 13.7. The summed E-state index contributed by atoms with van der Waals surface area (Å²) in [6, 6.07) is 21.4. The van der Waals surface area contributed by atoms with Crippen LogP contribution in [-0.2, 0) is 6.54 Å². The van der Waals surface area contributed by atoms with Gasteiger partial charge in [-0.05, 0) is 56.2 Å². The maximum absolute atomic E-state index is 13.7. The van der Waals surface area contributed by atoms with Gasteiger partial charge in [-0.1, -0.05) is 53.8 Å². The fourth-order valence-corrected chi connectivity index (χ4v) is 4.56. The number of nitrogens with zero attached hydrogens (tertiary/aromatic N) is 2. The zero-order valence-electron chi connectivity index (χ0n) is 18.5. The fraction of sp³-hybridized carbons (Fsp3) is 0.231. The highest BCUT2D eigenvalue weighted by atomic mass is 32.1. The van der Waals surface area contributed by atoms with E-state index in [1.165, 1.54) is 11.3 Å². The van der Waals surface area contributed by atoms with Crippen molar-refractivity contribution in [1.29, 1.82) is 0 Å². The van der Waals surface area contributed by atoms with Crippen LogP contribution in [0, 0.1) is 6.92 Å². The summed E-state index contributed by atoms with van der Waals surface area (Å²) >= 11 is 1.53. The van der Waals surface area contributed by atoms with E-state index >= 15 is 0 Å². The van der Waals surface area contributed by atoms with Crippen LogP contribution in [0.1, 0.15) is 35.3 Å². The van der Waals surface area contributed by atoms with Crippen LogP contribution in [0.15, 0.2) is 66.7 Å². The van der Waals surface area contributed by atoms with Crippen molar-refractivity contribution in [1.82, 2.24) is 4.98 Å². The number of para-hydroxylation sites is 1. The van der Waals surface area contributed by atoms with E-state index in [0.717, 1.165) is 21.3 Å². The molecule has 0 unspecified atom stereocenters. The van der Waals surface area contributed by atoms with Crippen molar-refractivity contribution in [3.05, 3.63) is 83.4 Å². The minimum atomic E-state index is -0.130. The summed E-state index contributed by atoms with van der Waals surface area (Å²) < 4.78 is 12.5. The summed E-state index contributed by atoms with van der Waals surface area (Å²) in [7, 11) is 0. The van der Waals surface area contributed by atoms with Crippen molar-refractivity contribution in [2.24, 2.45) is 0 Å². The van der Waals surface area contributed by atoms with Crippen LogP contribution in [-0.4, -0.2) is 24.1 Å². The highest BCUT2D eigenvalue weighted by Crippen LogP contribution is 2.34. The standard InChI is InChI=1S/C26H26N2O3S/c1-4-30-21-15-14-20(16-22(21)31-5-2)25(29)28(17-19-11-7-6-8-12-19)26-27-24-18(3)10-9-13-23(24)32-26/h6-16H,4-5,17H2,1-3H3. The molecule has 1 amide bonds. The quantitative estimate of drug-likeness (QED) is 0.321. The van der Waals surface area contributed by atoms with Gasteiger partial charge in [-0.3, -0.25) is 9.69 Å². The van der Waals surface area contributed by atoms with Gasteiger partial charge >= 0.3 is 0 Å². The predicted molar refractivity (Wildman–Crippen MR) is 130 cm³/mol. The number of benzene rings is 3. The van der Waals surface area contributed by atoms with Gasteiger partial charge < -0.3 is 9.47 Å². The lowest BCUT2D eigenvalue weighted by atomic mass is 10.1. The zero-order chi connectivity index (χ0) is 22.5. The molecule has 1 aromatic heterocycles. The Labute approximate surface area is 192 Å². The summed E-state index contributed by atoms with van der Waals surface area (Å²) in [5.41, 5.74) is 3.59. The van der Waals surface area contributed by atoms with Crippen LogP contribution in [0.4, 0.5) is 5.13 Å². The third-order valence-electron chi connectivity index (χ3n) is 5.06. The van der Waals surface area contributed by atoms with Crippen LogP contribution in [0.5, 0.6) is 11.5 Å². The molecule has 0 atom stereocenters. The Kier molecular flexibility index (Phi) is 6.71. The second-order valence-corrected chi connectivity index (χ2v) is 8.33. The van der Waals surface area contributed by atoms with Crippen molar-refractivity contribution < 1.29 is 14.3 Å². The SMILES string of the molecule is CCOc1ccc(C(=O)N(Cc2ccccc2)c2nc3c(C)cccc3s2)cc1OCC. The Bertz CT molecular complexity index is 1220. The molecule has 0 aliphatic rings. The lowest BCUT2D eigenvalue weighted by molar-refractivity contribution is 0.0984. The van der Waals surface area contributed by atoms with E-state index in [0.29, 0.717) is 42.0 Å². The van der Waals surface area contributed by atoms with E-state index in [1.54, 1.807) is 23.1 Å². The number of anilines is 1. The van der Waals surface area contributed by atoms with Gasteiger partial charge in [0.05, 0.1) is 30.0 Å². The molecule has 0 saturated carbocycles. The number of thiazole rings is 1. The van der Waals surface area contributed by atoms with Crippen LogP contribution in [0.3, 0.4) is 0 Å². The summed E-state index contributed by atoms with van der Waals surface area (Å²) in [6.45, 7) is 7.31. The molecule has 1 heterocycles. The molecule has 0 spiro atoms. The molecule has 164 valence electrons. The Morgan fingerprint density at radius 3 is 2.41 bits per heavy atom. The van der Waals surface area contributed by atoms with E-state index in [2.05, 4.69) is 0 Å². The van der Waals surface area contributed by atoms with Gasteiger partial charge in [0.1, 0.15) is 0 Å². The van der Waals surface area contributed by atoms with Crippen molar-refractivity contribution in [2.45, 2.75) is 27.3 Å². The molecule has 0 saturated heterocycles. The van der Waals surface area contributed by atoms with Gasteiger partial charge in [-0.15, -0.1) is 0 Å². The maximum Gasteiger partial charge on any atom is 0.260 e. The number of ether oxygens (including phenoxy) is 2. The number of rotatable bonds is 8. The van der Waals surface area contributed by atoms with Crippen LogP contribution < -0.4 is 14.4 Å². The molecule has 0 aliphatic carbocycles. The van der Waals surface area contributed by atoms with Gasteiger partial charge in [0.2, 0.25) is 0 Å². The number of carbonyl (C=O) groups is 1. The lowest BCUT2D eigenvalue weighted by Crippen LogP contribution is -2.30. The summed E-state index contributed by atoms with van der Waals surface area (Å²) in [6.07, 6.45) is 0. The molecule has 4 aromatic rings. The third-order valence-corrected chi connectivity index (χ3v) is 6.10. The molecule has 0 fully saturated rings. The molecule has 0 N–H and O–H groups in total. The summed E-state index contributed by atoms with van der Waals surface area (Å²) in [5.74, 6) is 1.07. The van der Waals surface area contributed by atoms with E-state index < -0.39 is 0 Å². The zero-order valence-corrected chi connectivity index (χ0v) is 19.3. The van der Waals surface area contributed by atoms with Gasteiger partial charge in [0, 0.05) is 5.56 Å². The topological polar surface area (TPSA) is 51.7 Å². The van der Waals surface area contributed by atoms with Crippen molar-refractivity contribution in [3.8, 4) is 11.5 Å². The summed E-state index contributed by atoms with van der Waals surface area (Å²) in [4.78, 5) is 20.3. The Hall–Kier alpha value is -3.38. The third kappa shape index (κ3) is 4.60. The molecule has 0 bridgehead atoms. The van der Waals surface area contributed by atoms with Crippen LogP contribution in [0.2, 0.25) is 0 Å². The average Bonchev–Trinajstić information content (AvgIpc) is 3.25. The Balaban J connectivity index is 1.76.